The summed E-state index contributed by atoms with van der Waals surface area (Å²) in [6, 6.07) is 26.4. The highest BCUT2D eigenvalue weighted by Gasteiger charge is 2.33. The first-order valence-electron chi connectivity index (χ1n) is 10.1. The van der Waals surface area contributed by atoms with Gasteiger partial charge < -0.3 is 18.7 Å². The van der Waals surface area contributed by atoms with Gasteiger partial charge in [0.05, 0.1) is 0 Å². The van der Waals surface area contributed by atoms with Crippen LogP contribution in [0.3, 0.4) is 0 Å². The van der Waals surface area contributed by atoms with Crippen LogP contribution in [-0.4, -0.2) is 16.4 Å². The van der Waals surface area contributed by atoms with E-state index in [1.54, 1.807) is 72.8 Å². The molecule has 0 aliphatic rings. The van der Waals surface area contributed by atoms with Crippen molar-refractivity contribution in [3.05, 3.63) is 91.0 Å². The van der Waals surface area contributed by atoms with Crippen molar-refractivity contribution in [2.75, 3.05) is 5.33 Å². The summed E-state index contributed by atoms with van der Waals surface area (Å²) in [6.07, 6.45) is 3.21. The second kappa shape index (κ2) is 14.3. The summed E-state index contributed by atoms with van der Waals surface area (Å²) in [4.78, 5) is 9.95. The number of carbonyl (C=O) groups is 1. The minimum atomic E-state index is -3.89. The lowest BCUT2D eigenvalue weighted by Crippen LogP contribution is -2.07. The Morgan fingerprint density at radius 3 is 1.38 bits per heavy atom. The van der Waals surface area contributed by atoms with Gasteiger partial charge in [0.15, 0.2) is 0 Å². The molecule has 0 fully saturated rings. The number of hydrogen-bond donors (Lipinski definition) is 1. The topological polar surface area (TPSA) is 82.1 Å². The summed E-state index contributed by atoms with van der Waals surface area (Å²) < 4.78 is 29.6. The molecule has 0 bridgehead atoms. The van der Waals surface area contributed by atoms with Gasteiger partial charge in [-0.2, -0.15) is 4.57 Å². The smallest absolute Gasteiger partial charge is 0.481 e. The molecule has 0 heterocycles. The van der Waals surface area contributed by atoms with Gasteiger partial charge in [-0.05, 0) is 49.2 Å². The normalized spacial score (nSPS) is 10.4. The van der Waals surface area contributed by atoms with Crippen molar-refractivity contribution in [3.63, 3.8) is 0 Å². The third-order valence-corrected chi connectivity index (χ3v) is 5.77. The molecule has 0 unspecified atom stereocenters. The molecule has 0 spiro atoms. The SMILES string of the molecule is O=C(O)CCCCCBr.O=P(Oc1ccccc1)(Oc1ccccc1)Oc1ccccc1. The first kappa shape index (κ1) is 25.5. The summed E-state index contributed by atoms with van der Waals surface area (Å²) in [5.74, 6) is 0.526. The van der Waals surface area contributed by atoms with Gasteiger partial charge >= 0.3 is 13.8 Å². The van der Waals surface area contributed by atoms with Gasteiger partial charge in [0.1, 0.15) is 17.2 Å². The van der Waals surface area contributed by atoms with E-state index in [0.29, 0.717) is 23.7 Å². The second-order valence-electron chi connectivity index (χ2n) is 6.55. The van der Waals surface area contributed by atoms with Crippen molar-refractivity contribution in [3.8, 4) is 17.2 Å². The predicted molar refractivity (Wildman–Crippen MR) is 129 cm³/mol. The number of phosphoric acid groups is 1. The third-order valence-electron chi connectivity index (χ3n) is 3.91. The Hall–Kier alpha value is -2.76. The maximum absolute atomic E-state index is 13.1. The Morgan fingerprint density at radius 1 is 0.688 bits per heavy atom. The number of halogens is 1. The Bertz CT molecular complexity index is 846. The Labute approximate surface area is 196 Å². The number of aliphatic carboxylic acids is 1. The van der Waals surface area contributed by atoms with Crippen LogP contribution in [0, 0.1) is 0 Å². The van der Waals surface area contributed by atoms with Gasteiger partial charge in [-0.15, -0.1) is 0 Å². The first-order valence-corrected chi connectivity index (χ1v) is 12.7. The van der Waals surface area contributed by atoms with Crippen LogP contribution in [0.15, 0.2) is 91.0 Å². The monoisotopic (exact) mass is 520 g/mol. The van der Waals surface area contributed by atoms with Crippen LogP contribution < -0.4 is 13.6 Å². The van der Waals surface area contributed by atoms with Crippen molar-refractivity contribution in [2.24, 2.45) is 0 Å². The summed E-state index contributed by atoms with van der Waals surface area (Å²) in [5, 5.41) is 9.18. The first-order chi connectivity index (χ1) is 15.5. The molecule has 0 aromatic heterocycles. The standard InChI is InChI=1S/C18H15O4P.C6H11BrO2/c19-23(20-16-10-4-1-5-11-16,21-17-12-6-2-7-13-17)22-18-14-8-3-9-15-18;7-5-3-1-2-4-6(8)9/h1-15H;1-5H2,(H,8,9). The molecular formula is C24H26BrO6P. The molecular weight excluding hydrogens is 495 g/mol. The highest BCUT2D eigenvalue weighted by atomic mass is 79.9. The number of carboxylic acid groups (broad SMARTS) is 1. The Morgan fingerprint density at radius 2 is 1.06 bits per heavy atom. The molecule has 3 rings (SSSR count). The number of para-hydroxylation sites is 3. The molecule has 0 amide bonds. The number of carboxylic acids is 1. The highest BCUT2D eigenvalue weighted by Crippen LogP contribution is 2.49. The van der Waals surface area contributed by atoms with Crippen molar-refractivity contribution in [1.29, 1.82) is 0 Å². The van der Waals surface area contributed by atoms with E-state index in [9.17, 15) is 9.36 Å². The highest BCUT2D eigenvalue weighted by molar-refractivity contribution is 9.09. The molecule has 0 saturated heterocycles. The zero-order chi connectivity index (χ0) is 23.1. The van der Waals surface area contributed by atoms with Gasteiger partial charge in [0.2, 0.25) is 0 Å². The minimum absolute atomic E-state index is 0.312. The molecule has 8 heteroatoms. The van der Waals surface area contributed by atoms with E-state index in [1.807, 2.05) is 18.2 Å². The second-order valence-corrected chi connectivity index (χ2v) is 8.79. The van der Waals surface area contributed by atoms with E-state index >= 15 is 0 Å². The Balaban J connectivity index is 0.000000344. The maximum Gasteiger partial charge on any atom is 0.647 e. The lowest BCUT2D eigenvalue weighted by atomic mass is 10.2. The molecule has 3 aromatic rings. The van der Waals surface area contributed by atoms with Crippen molar-refractivity contribution in [2.45, 2.75) is 25.7 Å². The van der Waals surface area contributed by atoms with Gasteiger partial charge in [-0.1, -0.05) is 76.9 Å². The van der Waals surface area contributed by atoms with E-state index in [1.165, 1.54) is 0 Å². The summed E-state index contributed by atoms with van der Waals surface area (Å²) >= 11 is 3.27. The van der Waals surface area contributed by atoms with Crippen LogP contribution in [0.1, 0.15) is 25.7 Å². The molecule has 170 valence electrons. The fourth-order valence-electron chi connectivity index (χ4n) is 2.43. The molecule has 0 saturated carbocycles. The average Bonchev–Trinajstić information content (AvgIpc) is 2.79. The summed E-state index contributed by atoms with van der Waals surface area (Å²) in [7, 11) is -3.89. The maximum atomic E-state index is 13.1. The largest absolute Gasteiger partial charge is 0.647 e. The lowest BCUT2D eigenvalue weighted by Gasteiger charge is -2.19. The number of unbranched alkanes of at least 4 members (excludes halogenated alkanes) is 2. The number of hydrogen-bond acceptors (Lipinski definition) is 5. The van der Waals surface area contributed by atoms with Gasteiger partial charge in [-0.25, -0.2) is 0 Å². The van der Waals surface area contributed by atoms with Gasteiger partial charge in [0, 0.05) is 11.8 Å². The summed E-state index contributed by atoms with van der Waals surface area (Å²) in [6.45, 7) is 0. The molecule has 6 nitrogen and oxygen atoms in total. The number of benzene rings is 3. The van der Waals surface area contributed by atoms with Gasteiger partial charge in [0.25, 0.3) is 0 Å². The van der Waals surface area contributed by atoms with Crippen molar-refractivity contribution in [1.82, 2.24) is 0 Å². The molecule has 0 aliphatic heterocycles. The van der Waals surface area contributed by atoms with Crippen LogP contribution in [0.25, 0.3) is 0 Å². The zero-order valence-corrected chi connectivity index (χ0v) is 20.0. The van der Waals surface area contributed by atoms with Crippen LogP contribution in [0.2, 0.25) is 0 Å². The van der Waals surface area contributed by atoms with Crippen LogP contribution in [0.5, 0.6) is 17.2 Å². The Kier molecular flexibility index (Phi) is 11.4. The molecule has 0 atom stereocenters. The van der Waals surface area contributed by atoms with E-state index in [2.05, 4.69) is 15.9 Å². The number of phosphoric ester groups is 1. The lowest BCUT2D eigenvalue weighted by molar-refractivity contribution is -0.137. The quantitative estimate of drug-likeness (QED) is 0.161. The van der Waals surface area contributed by atoms with Crippen molar-refractivity contribution >= 4 is 29.7 Å². The van der Waals surface area contributed by atoms with E-state index < -0.39 is 13.8 Å². The number of alkyl halides is 1. The van der Waals surface area contributed by atoms with E-state index in [-0.39, 0.29) is 0 Å². The average molecular weight is 521 g/mol. The summed E-state index contributed by atoms with van der Waals surface area (Å²) in [5.41, 5.74) is 0. The van der Waals surface area contributed by atoms with Crippen LogP contribution in [0.4, 0.5) is 0 Å². The van der Waals surface area contributed by atoms with E-state index in [4.69, 9.17) is 18.7 Å². The van der Waals surface area contributed by atoms with Crippen LogP contribution in [-0.2, 0) is 9.36 Å². The molecule has 0 radical (unpaired) electrons. The molecule has 0 aliphatic carbocycles. The minimum Gasteiger partial charge on any atom is -0.481 e. The molecule has 1 N–H and O–H groups in total. The third kappa shape index (κ3) is 10.5. The van der Waals surface area contributed by atoms with Crippen LogP contribution >= 0.6 is 23.8 Å². The van der Waals surface area contributed by atoms with Crippen molar-refractivity contribution < 1.29 is 28.0 Å². The zero-order valence-electron chi connectivity index (χ0n) is 17.5. The fraction of sp³-hybridized carbons (Fsp3) is 0.208. The fourth-order valence-corrected chi connectivity index (χ4v) is 4.08. The molecule has 3 aromatic carbocycles. The predicted octanol–water partition coefficient (Wildman–Crippen LogP) is 7.36. The van der Waals surface area contributed by atoms with E-state index in [0.717, 1.165) is 24.6 Å². The van der Waals surface area contributed by atoms with Gasteiger partial charge in [-0.3, -0.25) is 4.79 Å². The molecule has 32 heavy (non-hydrogen) atoms. The number of rotatable bonds is 11.